The number of aliphatic hydroxyl groups is 1. The van der Waals surface area contributed by atoms with E-state index in [0.717, 1.165) is 29.0 Å². The Morgan fingerprint density at radius 2 is 1.94 bits per heavy atom. The van der Waals surface area contributed by atoms with Crippen molar-refractivity contribution in [3.63, 3.8) is 0 Å². The van der Waals surface area contributed by atoms with E-state index in [1.165, 1.54) is 6.26 Å². The number of rotatable bonds is 5. The molecule has 3 heterocycles. The molecule has 0 saturated carbocycles. The first kappa shape index (κ1) is 21.7. The average Bonchev–Trinajstić information content (AvgIpc) is 3.08. The summed E-state index contributed by atoms with van der Waals surface area (Å²) >= 11 is 0. The number of sulfone groups is 1. The third-order valence-electron chi connectivity index (χ3n) is 6.03. The quantitative estimate of drug-likeness (QED) is 0.647. The number of aromatic nitrogens is 4. The zero-order valence-electron chi connectivity index (χ0n) is 18.6. The Labute approximate surface area is 182 Å². The number of benzene rings is 1. The predicted molar refractivity (Wildman–Crippen MR) is 120 cm³/mol. The second-order valence-electron chi connectivity index (χ2n) is 8.52. The summed E-state index contributed by atoms with van der Waals surface area (Å²) in [5.74, 6) is 1.79. The summed E-state index contributed by atoms with van der Waals surface area (Å²) in [5, 5.41) is 9.72. The summed E-state index contributed by atoms with van der Waals surface area (Å²) in [4.78, 5) is 16.6. The van der Waals surface area contributed by atoms with Gasteiger partial charge in [-0.05, 0) is 42.5 Å². The molecule has 8 nitrogen and oxygen atoms in total. The Bertz CT molecular complexity index is 1250. The molecule has 1 aromatic carbocycles. The highest BCUT2D eigenvalue weighted by Crippen LogP contribution is 2.37. The van der Waals surface area contributed by atoms with E-state index in [1.807, 2.05) is 13.1 Å². The van der Waals surface area contributed by atoms with Crippen LogP contribution in [0, 0.1) is 12.8 Å². The minimum atomic E-state index is -3.47. The van der Waals surface area contributed by atoms with Gasteiger partial charge in [0.25, 0.3) is 0 Å². The third kappa shape index (κ3) is 3.70. The van der Waals surface area contributed by atoms with E-state index in [-0.39, 0.29) is 23.5 Å². The molecule has 0 bridgehead atoms. The van der Waals surface area contributed by atoms with Gasteiger partial charge in [-0.2, -0.15) is 0 Å². The Morgan fingerprint density at radius 1 is 1.19 bits per heavy atom. The fourth-order valence-corrected chi connectivity index (χ4v) is 5.40. The van der Waals surface area contributed by atoms with Crippen LogP contribution in [0.4, 0.5) is 5.95 Å². The molecule has 0 spiro atoms. The maximum absolute atomic E-state index is 12.3. The van der Waals surface area contributed by atoms with E-state index in [9.17, 15) is 13.5 Å². The molecule has 3 aromatic rings. The summed E-state index contributed by atoms with van der Waals surface area (Å²) in [6.45, 7) is 9.38. The highest BCUT2D eigenvalue weighted by atomic mass is 32.2. The number of fused-ring (bicyclic) bond motifs is 3. The number of aryl methyl sites for hydroxylation is 2. The first-order chi connectivity index (χ1) is 14.7. The number of hydrogen-bond acceptors (Lipinski definition) is 7. The van der Waals surface area contributed by atoms with Gasteiger partial charge in [-0.25, -0.2) is 23.4 Å². The molecule has 0 radical (unpaired) electrons. The van der Waals surface area contributed by atoms with E-state index in [2.05, 4.69) is 35.2 Å². The van der Waals surface area contributed by atoms with Crippen molar-refractivity contribution in [1.82, 2.24) is 19.5 Å². The zero-order chi connectivity index (χ0) is 22.5. The van der Waals surface area contributed by atoms with Crippen molar-refractivity contribution >= 4 is 26.8 Å². The second-order valence-corrected chi connectivity index (χ2v) is 10.5. The summed E-state index contributed by atoms with van der Waals surface area (Å²) < 4.78 is 26.6. The fraction of sp³-hybridized carbons (Fsp3) is 0.500. The molecule has 9 heteroatoms. The molecule has 0 amide bonds. The van der Waals surface area contributed by atoms with E-state index in [1.54, 1.807) is 12.1 Å². The van der Waals surface area contributed by atoms with E-state index < -0.39 is 9.84 Å². The summed E-state index contributed by atoms with van der Waals surface area (Å²) in [7, 11) is -3.47. The molecule has 4 rings (SSSR count). The molecule has 1 aliphatic heterocycles. The lowest BCUT2D eigenvalue weighted by Gasteiger charge is -2.38. The van der Waals surface area contributed by atoms with Gasteiger partial charge in [0.05, 0.1) is 28.6 Å². The number of hydrogen-bond donors (Lipinski definition) is 1. The monoisotopic (exact) mass is 443 g/mol. The number of nitrogens with zero attached hydrogens (tertiary/aromatic N) is 5. The van der Waals surface area contributed by atoms with Crippen molar-refractivity contribution in [2.24, 2.45) is 5.92 Å². The molecule has 166 valence electrons. The number of aliphatic hydroxyl groups excluding tert-OH is 1. The number of anilines is 1. The van der Waals surface area contributed by atoms with E-state index in [4.69, 9.17) is 9.97 Å². The highest BCUT2D eigenvalue weighted by molar-refractivity contribution is 7.90. The van der Waals surface area contributed by atoms with Crippen LogP contribution < -0.4 is 4.90 Å². The van der Waals surface area contributed by atoms with Crippen LogP contribution in [0.5, 0.6) is 0 Å². The fourth-order valence-electron chi connectivity index (χ4n) is 4.48. The van der Waals surface area contributed by atoms with Gasteiger partial charge in [0, 0.05) is 31.2 Å². The SMILES string of the molecule is CCc1cnc(N2CCn3c(nc4cc(CO)c(S(C)(=O)=O)cc43)[C@H]2C(C)C)nc1C. The Balaban J connectivity index is 1.87. The summed E-state index contributed by atoms with van der Waals surface area (Å²) in [6.07, 6.45) is 3.96. The topological polar surface area (TPSA) is 101 Å². The van der Waals surface area contributed by atoms with Gasteiger partial charge >= 0.3 is 0 Å². The van der Waals surface area contributed by atoms with Gasteiger partial charge < -0.3 is 14.6 Å². The maximum Gasteiger partial charge on any atom is 0.226 e. The molecule has 1 atom stereocenters. The molecule has 0 fully saturated rings. The molecule has 1 N–H and O–H groups in total. The van der Waals surface area contributed by atoms with Crippen molar-refractivity contribution in [3.05, 3.63) is 41.0 Å². The van der Waals surface area contributed by atoms with Crippen LogP contribution in [0.3, 0.4) is 0 Å². The van der Waals surface area contributed by atoms with Crippen LogP contribution in [0.2, 0.25) is 0 Å². The van der Waals surface area contributed by atoms with Gasteiger partial charge in [-0.15, -0.1) is 0 Å². The maximum atomic E-state index is 12.3. The molecule has 0 saturated heterocycles. The summed E-state index contributed by atoms with van der Waals surface area (Å²) in [6, 6.07) is 3.29. The number of imidazole rings is 1. The van der Waals surface area contributed by atoms with Crippen LogP contribution in [-0.2, 0) is 29.4 Å². The molecular weight excluding hydrogens is 414 g/mol. The third-order valence-corrected chi connectivity index (χ3v) is 7.21. The molecule has 31 heavy (non-hydrogen) atoms. The van der Waals surface area contributed by atoms with Crippen LogP contribution in [0.15, 0.2) is 23.2 Å². The van der Waals surface area contributed by atoms with Crippen molar-refractivity contribution < 1.29 is 13.5 Å². The first-order valence-corrected chi connectivity index (χ1v) is 12.5. The second kappa shape index (κ2) is 7.87. The van der Waals surface area contributed by atoms with Crippen molar-refractivity contribution in [2.75, 3.05) is 17.7 Å². The van der Waals surface area contributed by atoms with Gasteiger partial charge in [-0.3, -0.25) is 0 Å². The molecule has 1 aliphatic rings. The van der Waals surface area contributed by atoms with Crippen LogP contribution >= 0.6 is 0 Å². The van der Waals surface area contributed by atoms with E-state index in [0.29, 0.717) is 30.1 Å². The minimum absolute atomic E-state index is 0.0488. The normalized spacial score (nSPS) is 16.9. The van der Waals surface area contributed by atoms with Gasteiger partial charge in [-0.1, -0.05) is 20.8 Å². The largest absolute Gasteiger partial charge is 0.392 e. The predicted octanol–water partition coefficient (Wildman–Crippen LogP) is 2.81. The van der Waals surface area contributed by atoms with E-state index >= 15 is 0 Å². The molecule has 0 unspecified atom stereocenters. The van der Waals surface area contributed by atoms with Crippen molar-refractivity contribution in [3.8, 4) is 0 Å². The lowest BCUT2D eigenvalue weighted by Crippen LogP contribution is -2.42. The Morgan fingerprint density at radius 3 is 2.52 bits per heavy atom. The molecule has 0 aliphatic carbocycles. The lowest BCUT2D eigenvalue weighted by molar-refractivity contribution is 0.278. The van der Waals surface area contributed by atoms with Crippen LogP contribution in [0.25, 0.3) is 11.0 Å². The highest BCUT2D eigenvalue weighted by Gasteiger charge is 2.35. The van der Waals surface area contributed by atoms with Crippen molar-refractivity contribution in [1.29, 1.82) is 0 Å². The molecular formula is C22H29N5O3S. The van der Waals surface area contributed by atoms with Gasteiger partial charge in [0.2, 0.25) is 5.95 Å². The zero-order valence-corrected chi connectivity index (χ0v) is 19.4. The average molecular weight is 444 g/mol. The lowest BCUT2D eigenvalue weighted by atomic mass is 10.00. The standard InChI is InChI=1S/C22H29N5O3S/c1-6-15-11-23-22(24-14(15)4)27-8-7-26-18-10-19(31(5,29)30)16(12-28)9-17(18)25-21(26)20(27)13(2)3/h9-11,13,20,28H,6-8,12H2,1-5H3/t20-/m1/s1. The summed E-state index contributed by atoms with van der Waals surface area (Å²) in [5.41, 5.74) is 3.96. The smallest absolute Gasteiger partial charge is 0.226 e. The first-order valence-electron chi connectivity index (χ1n) is 10.6. The Hall–Kier alpha value is -2.52. The van der Waals surface area contributed by atoms with Gasteiger partial charge in [0.1, 0.15) is 5.82 Å². The Kier molecular flexibility index (Phi) is 5.51. The molecule has 2 aromatic heterocycles. The van der Waals surface area contributed by atoms with Gasteiger partial charge in [0.15, 0.2) is 9.84 Å². The van der Waals surface area contributed by atoms with Crippen LogP contribution in [-0.4, -0.2) is 45.8 Å². The van der Waals surface area contributed by atoms with Crippen molar-refractivity contribution in [2.45, 2.75) is 58.2 Å². The minimum Gasteiger partial charge on any atom is -0.392 e. The van der Waals surface area contributed by atoms with Crippen LogP contribution in [0.1, 0.15) is 49.5 Å².